The topological polar surface area (TPSA) is 32.8 Å². The zero-order chi connectivity index (χ0) is 12.5. The van der Waals surface area contributed by atoms with Crippen LogP contribution in [0.4, 0.5) is 4.79 Å². The van der Waals surface area contributed by atoms with Crippen LogP contribution in [0, 0.1) is 0 Å². The predicted molar refractivity (Wildman–Crippen MR) is 72.8 cm³/mol. The monoisotopic (exact) mass is 340 g/mol. The highest BCUT2D eigenvalue weighted by molar-refractivity contribution is 14.1. The summed E-state index contributed by atoms with van der Waals surface area (Å²) in [6.45, 7) is 9.71. The van der Waals surface area contributed by atoms with Gasteiger partial charge < -0.3 is 9.64 Å². The fourth-order valence-electron chi connectivity index (χ4n) is 1.51. The first-order chi connectivity index (χ1) is 7.20. The molecule has 1 aliphatic heterocycles. The minimum Gasteiger partial charge on any atom is -0.444 e. The molecule has 0 radical (unpaired) electrons. The highest BCUT2D eigenvalue weighted by Gasteiger charge is 2.35. The fraction of sp³-hybridized carbons (Fsp3) is 0.909. The zero-order valence-electron chi connectivity index (χ0n) is 10.7. The molecule has 5 heteroatoms. The molecular weight excluding hydrogens is 319 g/mol. The third-order valence-electron chi connectivity index (χ3n) is 2.62. The average Bonchev–Trinajstić information content (AvgIpc) is 1.96. The standard InChI is InChI=1S/C11H21IN2O2/c1-8(12)14-6-9(7-14)13(5)10(15)16-11(2,3)4/h8-9H,6-7H2,1-5H3. The molecule has 1 aliphatic rings. The van der Waals surface area contributed by atoms with Crippen LogP contribution in [-0.2, 0) is 4.74 Å². The minimum atomic E-state index is -0.411. The molecule has 16 heavy (non-hydrogen) atoms. The van der Waals surface area contributed by atoms with Crippen LogP contribution in [0.5, 0.6) is 0 Å². The Bertz CT molecular complexity index is 257. The Kier molecular flexibility index (Phi) is 4.45. The van der Waals surface area contributed by atoms with E-state index in [0.717, 1.165) is 13.1 Å². The molecule has 0 bridgehead atoms. The molecule has 1 rings (SSSR count). The van der Waals surface area contributed by atoms with E-state index in [1.54, 1.807) is 4.90 Å². The number of rotatable bonds is 2. The summed E-state index contributed by atoms with van der Waals surface area (Å²) >= 11 is 2.38. The van der Waals surface area contributed by atoms with Crippen molar-refractivity contribution in [3.8, 4) is 0 Å². The number of carbonyl (C=O) groups is 1. The zero-order valence-corrected chi connectivity index (χ0v) is 12.8. The molecule has 94 valence electrons. The number of nitrogens with zero attached hydrogens (tertiary/aromatic N) is 2. The van der Waals surface area contributed by atoms with Crippen molar-refractivity contribution in [2.45, 2.75) is 43.4 Å². The van der Waals surface area contributed by atoms with Gasteiger partial charge in [0.25, 0.3) is 0 Å². The second kappa shape index (κ2) is 5.08. The number of hydrogen-bond donors (Lipinski definition) is 0. The fourth-order valence-corrected chi connectivity index (χ4v) is 1.96. The van der Waals surface area contributed by atoms with Gasteiger partial charge in [0.15, 0.2) is 0 Å². The third-order valence-corrected chi connectivity index (χ3v) is 3.41. The van der Waals surface area contributed by atoms with Crippen molar-refractivity contribution in [3.05, 3.63) is 0 Å². The Balaban J connectivity index is 2.37. The number of amides is 1. The van der Waals surface area contributed by atoms with Gasteiger partial charge >= 0.3 is 6.09 Å². The van der Waals surface area contributed by atoms with E-state index in [9.17, 15) is 4.79 Å². The Morgan fingerprint density at radius 3 is 2.38 bits per heavy atom. The Morgan fingerprint density at radius 1 is 1.50 bits per heavy atom. The lowest BCUT2D eigenvalue weighted by atomic mass is 10.1. The molecule has 1 heterocycles. The summed E-state index contributed by atoms with van der Waals surface area (Å²) in [5, 5.41) is 0. The summed E-state index contributed by atoms with van der Waals surface area (Å²) in [5.74, 6) is 0. The number of likely N-dealkylation sites (N-methyl/N-ethyl adjacent to an activating group) is 1. The van der Waals surface area contributed by atoms with Crippen LogP contribution >= 0.6 is 22.6 Å². The van der Waals surface area contributed by atoms with Crippen LogP contribution in [0.15, 0.2) is 0 Å². The molecule has 1 saturated heterocycles. The van der Waals surface area contributed by atoms with E-state index in [4.69, 9.17) is 4.74 Å². The summed E-state index contributed by atoms with van der Waals surface area (Å²) in [6, 6.07) is 0.298. The van der Waals surface area contributed by atoms with Gasteiger partial charge in [-0.05, 0) is 27.7 Å². The van der Waals surface area contributed by atoms with Gasteiger partial charge in [0.1, 0.15) is 5.60 Å². The molecular formula is C11H21IN2O2. The van der Waals surface area contributed by atoms with Crippen LogP contribution in [0.3, 0.4) is 0 Å². The summed E-state index contributed by atoms with van der Waals surface area (Å²) in [4.78, 5) is 15.8. The van der Waals surface area contributed by atoms with Crippen LogP contribution in [0.2, 0.25) is 0 Å². The number of hydrogen-bond acceptors (Lipinski definition) is 3. The summed E-state index contributed by atoms with van der Waals surface area (Å²) in [7, 11) is 1.81. The lowest BCUT2D eigenvalue weighted by Gasteiger charge is -2.45. The maximum atomic E-state index is 11.8. The quantitative estimate of drug-likeness (QED) is 0.439. The second-order valence-corrected chi connectivity index (χ2v) is 7.08. The van der Waals surface area contributed by atoms with E-state index < -0.39 is 5.60 Å². The molecule has 0 saturated carbocycles. The number of ether oxygens (including phenoxy) is 1. The molecule has 1 unspecified atom stereocenters. The highest BCUT2D eigenvalue weighted by atomic mass is 127. The Labute approximate surface area is 111 Å². The van der Waals surface area contributed by atoms with Crippen molar-refractivity contribution in [1.82, 2.24) is 9.80 Å². The molecule has 0 N–H and O–H groups in total. The average molecular weight is 340 g/mol. The lowest BCUT2D eigenvalue weighted by molar-refractivity contribution is -0.00411. The molecule has 1 atom stereocenters. The number of likely N-dealkylation sites (tertiary alicyclic amines) is 1. The number of halogens is 1. The van der Waals surface area contributed by atoms with Crippen molar-refractivity contribution in [2.75, 3.05) is 20.1 Å². The van der Waals surface area contributed by atoms with Crippen LogP contribution in [-0.4, -0.2) is 51.7 Å². The van der Waals surface area contributed by atoms with Gasteiger partial charge in [-0.25, -0.2) is 4.79 Å². The second-order valence-electron chi connectivity index (χ2n) is 5.27. The lowest BCUT2D eigenvalue weighted by Crippen LogP contribution is -2.61. The van der Waals surface area contributed by atoms with Gasteiger partial charge in [0.05, 0.1) is 10.1 Å². The predicted octanol–water partition coefficient (Wildman–Crippen LogP) is 2.32. The van der Waals surface area contributed by atoms with Crippen LogP contribution < -0.4 is 0 Å². The van der Waals surface area contributed by atoms with E-state index in [1.807, 2.05) is 27.8 Å². The molecule has 4 nitrogen and oxygen atoms in total. The maximum absolute atomic E-state index is 11.8. The van der Waals surface area contributed by atoms with Crippen molar-refractivity contribution >= 4 is 28.7 Å². The maximum Gasteiger partial charge on any atom is 0.410 e. The summed E-state index contributed by atoms with van der Waals surface area (Å²) < 4.78 is 5.85. The first-order valence-corrected chi connectivity index (χ1v) is 6.79. The smallest absolute Gasteiger partial charge is 0.410 e. The molecule has 0 spiro atoms. The largest absolute Gasteiger partial charge is 0.444 e. The van der Waals surface area contributed by atoms with Crippen molar-refractivity contribution in [3.63, 3.8) is 0 Å². The van der Waals surface area contributed by atoms with Crippen molar-refractivity contribution in [2.24, 2.45) is 0 Å². The van der Waals surface area contributed by atoms with E-state index in [0.29, 0.717) is 10.1 Å². The Morgan fingerprint density at radius 2 is 2.00 bits per heavy atom. The van der Waals surface area contributed by atoms with Gasteiger partial charge in [-0.15, -0.1) is 0 Å². The van der Waals surface area contributed by atoms with E-state index >= 15 is 0 Å². The highest BCUT2D eigenvalue weighted by Crippen LogP contribution is 2.21. The summed E-state index contributed by atoms with van der Waals surface area (Å²) in [5.41, 5.74) is -0.411. The molecule has 1 fully saturated rings. The Hall–Kier alpha value is -0.0400. The minimum absolute atomic E-state index is 0.224. The summed E-state index contributed by atoms with van der Waals surface area (Å²) in [6.07, 6.45) is -0.224. The van der Waals surface area contributed by atoms with Gasteiger partial charge in [-0.2, -0.15) is 0 Å². The SMILES string of the molecule is CC(I)N1CC(N(C)C(=O)OC(C)(C)C)C1. The van der Waals surface area contributed by atoms with Crippen molar-refractivity contribution < 1.29 is 9.53 Å². The normalized spacial score (nSPS) is 20.1. The third kappa shape index (κ3) is 3.76. The van der Waals surface area contributed by atoms with Gasteiger partial charge in [-0.1, -0.05) is 22.6 Å². The molecule has 0 aromatic heterocycles. The molecule has 0 aliphatic carbocycles. The molecule has 1 amide bonds. The number of carbonyl (C=O) groups excluding carboxylic acids is 1. The molecule has 0 aromatic carbocycles. The molecule has 0 aromatic rings. The van der Waals surface area contributed by atoms with Crippen molar-refractivity contribution in [1.29, 1.82) is 0 Å². The van der Waals surface area contributed by atoms with Crippen LogP contribution in [0.1, 0.15) is 27.7 Å². The van der Waals surface area contributed by atoms with E-state index in [-0.39, 0.29) is 6.09 Å². The first-order valence-electron chi connectivity index (χ1n) is 5.54. The van der Waals surface area contributed by atoms with Gasteiger partial charge in [0, 0.05) is 20.1 Å². The number of alkyl halides is 1. The van der Waals surface area contributed by atoms with E-state index in [2.05, 4.69) is 34.4 Å². The van der Waals surface area contributed by atoms with Gasteiger partial charge in [-0.3, -0.25) is 4.90 Å². The van der Waals surface area contributed by atoms with Gasteiger partial charge in [0.2, 0.25) is 0 Å². The van der Waals surface area contributed by atoms with Crippen LogP contribution in [0.25, 0.3) is 0 Å². The van der Waals surface area contributed by atoms with E-state index in [1.165, 1.54) is 0 Å². The first kappa shape index (κ1) is 14.0.